The van der Waals surface area contributed by atoms with Gasteiger partial charge >= 0.3 is 7.75 Å². The van der Waals surface area contributed by atoms with Crippen molar-refractivity contribution in [3.63, 3.8) is 0 Å². The molecular formula is C15H10FN4O5PS. The zero-order chi connectivity index (χ0) is 19.3. The number of para-hydroxylation sites is 1. The smallest absolute Gasteiger partial charge is 0.339 e. The molecule has 27 heavy (non-hydrogen) atoms. The third kappa shape index (κ3) is 3.00. The van der Waals surface area contributed by atoms with Gasteiger partial charge in [0, 0.05) is 23.9 Å². The van der Waals surface area contributed by atoms with Gasteiger partial charge in [0.15, 0.2) is 5.01 Å². The Morgan fingerprint density at radius 2 is 2.11 bits per heavy atom. The normalized spacial score (nSPS) is 12.0. The Morgan fingerprint density at radius 3 is 2.78 bits per heavy atom. The zero-order valence-corrected chi connectivity index (χ0v) is 15.2. The van der Waals surface area contributed by atoms with Crippen molar-refractivity contribution in [1.29, 1.82) is 0 Å². The molecule has 0 saturated carbocycles. The van der Waals surface area contributed by atoms with Crippen molar-refractivity contribution in [2.24, 2.45) is 0 Å². The number of nitrogens with zero attached hydrogens (tertiary/aromatic N) is 4. The fourth-order valence-electron chi connectivity index (χ4n) is 2.61. The number of halogens is 1. The van der Waals surface area contributed by atoms with E-state index in [-0.39, 0.29) is 27.3 Å². The molecule has 0 aliphatic rings. The molecule has 4 rings (SSSR count). The topological polar surface area (TPSA) is 131 Å². The van der Waals surface area contributed by atoms with Crippen molar-refractivity contribution in [1.82, 2.24) is 19.5 Å². The summed E-state index contributed by atoms with van der Waals surface area (Å²) in [7, 11) is -4.87. The fourth-order valence-corrected chi connectivity index (χ4v) is 4.09. The second-order valence-electron chi connectivity index (χ2n) is 5.54. The number of aromatic nitrogens is 4. The first-order valence-electron chi connectivity index (χ1n) is 7.42. The highest BCUT2D eigenvalue weighted by atomic mass is 32.1. The summed E-state index contributed by atoms with van der Waals surface area (Å²) in [4.78, 5) is 40.0. The number of carbonyl (C=O) groups excluding carboxylic acids is 1. The van der Waals surface area contributed by atoms with E-state index in [0.717, 1.165) is 23.6 Å². The van der Waals surface area contributed by atoms with E-state index in [1.807, 2.05) is 0 Å². The standard InChI is InChI=1S/C15H10FN4O5PS/c1-7-17-14(19-25-7)11-6-27-15(18-11)13(21)9-5-20(26(22,23)24)12-8(9)3-2-4-10(12)16/h2-6H,1H3,(H2,22,23,24). The molecule has 138 valence electrons. The predicted molar refractivity (Wildman–Crippen MR) is 92.9 cm³/mol. The Morgan fingerprint density at radius 1 is 1.33 bits per heavy atom. The van der Waals surface area contributed by atoms with E-state index in [2.05, 4.69) is 15.1 Å². The molecule has 0 unspecified atom stereocenters. The molecule has 0 amide bonds. The summed E-state index contributed by atoms with van der Waals surface area (Å²) in [6.45, 7) is 1.61. The van der Waals surface area contributed by atoms with E-state index in [9.17, 15) is 23.5 Å². The predicted octanol–water partition coefficient (Wildman–Crippen LogP) is 2.77. The quantitative estimate of drug-likeness (QED) is 0.389. The Bertz CT molecular complexity index is 1240. The molecule has 0 aliphatic heterocycles. The molecule has 0 bridgehead atoms. The van der Waals surface area contributed by atoms with E-state index in [0.29, 0.717) is 15.9 Å². The molecule has 0 aliphatic carbocycles. The van der Waals surface area contributed by atoms with Crippen LogP contribution in [-0.2, 0) is 4.57 Å². The van der Waals surface area contributed by atoms with Gasteiger partial charge in [-0.25, -0.2) is 13.9 Å². The van der Waals surface area contributed by atoms with Crippen LogP contribution in [-0.4, -0.2) is 35.0 Å². The molecule has 4 aromatic rings. The molecule has 0 atom stereocenters. The molecule has 3 heterocycles. The summed E-state index contributed by atoms with van der Waals surface area (Å²) in [6, 6.07) is 3.82. The lowest BCUT2D eigenvalue weighted by Crippen LogP contribution is -2.00. The number of hydrogen-bond donors (Lipinski definition) is 2. The van der Waals surface area contributed by atoms with E-state index in [1.165, 1.54) is 12.1 Å². The van der Waals surface area contributed by atoms with Crippen LogP contribution in [0.2, 0.25) is 0 Å². The first kappa shape index (κ1) is 17.7. The second kappa shape index (κ2) is 6.17. The van der Waals surface area contributed by atoms with Gasteiger partial charge in [-0.15, -0.1) is 11.3 Å². The van der Waals surface area contributed by atoms with Crippen LogP contribution < -0.4 is 0 Å². The van der Waals surface area contributed by atoms with Crippen molar-refractivity contribution in [2.75, 3.05) is 0 Å². The lowest BCUT2D eigenvalue weighted by atomic mass is 10.1. The van der Waals surface area contributed by atoms with Gasteiger partial charge in [0.05, 0.1) is 11.1 Å². The van der Waals surface area contributed by atoms with E-state index in [1.54, 1.807) is 12.3 Å². The van der Waals surface area contributed by atoms with Crippen LogP contribution in [0.4, 0.5) is 4.39 Å². The van der Waals surface area contributed by atoms with Crippen LogP contribution in [0, 0.1) is 12.7 Å². The molecule has 1 aromatic carbocycles. The molecule has 9 nitrogen and oxygen atoms in total. The second-order valence-corrected chi connectivity index (χ2v) is 7.86. The molecule has 3 aromatic heterocycles. The average Bonchev–Trinajstić information content (AvgIpc) is 3.31. The Balaban J connectivity index is 1.83. The molecule has 0 saturated heterocycles. The van der Waals surface area contributed by atoms with Crippen molar-refractivity contribution >= 4 is 35.8 Å². The number of carbonyl (C=O) groups is 1. The van der Waals surface area contributed by atoms with Crippen molar-refractivity contribution in [2.45, 2.75) is 6.92 Å². The number of hydrogen-bond acceptors (Lipinski definition) is 7. The number of ketones is 1. The molecular weight excluding hydrogens is 398 g/mol. The van der Waals surface area contributed by atoms with E-state index >= 15 is 0 Å². The minimum atomic E-state index is -4.87. The first-order valence-corrected chi connectivity index (χ1v) is 9.87. The summed E-state index contributed by atoms with van der Waals surface area (Å²) >= 11 is 1.01. The maximum absolute atomic E-state index is 14.2. The summed E-state index contributed by atoms with van der Waals surface area (Å²) < 4.78 is 31.2. The van der Waals surface area contributed by atoms with Gasteiger partial charge in [-0.1, -0.05) is 17.3 Å². The lowest BCUT2D eigenvalue weighted by molar-refractivity contribution is 0.104. The summed E-state index contributed by atoms with van der Waals surface area (Å²) in [5.74, 6) is -0.899. The van der Waals surface area contributed by atoms with Crippen LogP contribution >= 0.6 is 19.1 Å². The SMILES string of the molecule is Cc1nc(-c2csc(C(=O)c3cn(P(=O)(O)O)c4c(F)cccc34)n2)no1. The minimum absolute atomic E-state index is 0.0430. The third-order valence-corrected chi connectivity index (χ3v) is 5.46. The van der Waals surface area contributed by atoms with E-state index < -0.39 is 19.3 Å². The highest BCUT2D eigenvalue weighted by Gasteiger charge is 2.27. The Kier molecular flexibility index (Phi) is 4.04. The Hall–Kier alpha value is -2.72. The highest BCUT2D eigenvalue weighted by Crippen LogP contribution is 2.43. The van der Waals surface area contributed by atoms with Gasteiger partial charge in [0.1, 0.15) is 11.5 Å². The molecule has 2 N–H and O–H groups in total. The molecule has 0 fully saturated rings. The highest BCUT2D eigenvalue weighted by molar-refractivity contribution is 7.50. The summed E-state index contributed by atoms with van der Waals surface area (Å²) in [5, 5.41) is 5.40. The number of rotatable bonds is 4. The van der Waals surface area contributed by atoms with Gasteiger partial charge in [-0.3, -0.25) is 9.13 Å². The maximum Gasteiger partial charge on any atom is 0.434 e. The number of aryl methyl sites for hydroxylation is 1. The van der Waals surface area contributed by atoms with Crippen molar-refractivity contribution in [3.05, 3.63) is 52.1 Å². The summed E-state index contributed by atoms with van der Waals surface area (Å²) in [6.07, 6.45) is 0.941. The van der Waals surface area contributed by atoms with Gasteiger partial charge in [0.2, 0.25) is 17.5 Å². The number of benzene rings is 1. The van der Waals surface area contributed by atoms with Gasteiger partial charge in [-0.05, 0) is 6.07 Å². The Labute approximate surface area is 154 Å². The van der Waals surface area contributed by atoms with Crippen LogP contribution in [0.1, 0.15) is 21.3 Å². The lowest BCUT2D eigenvalue weighted by Gasteiger charge is -2.06. The van der Waals surface area contributed by atoms with Gasteiger partial charge < -0.3 is 14.3 Å². The third-order valence-electron chi connectivity index (χ3n) is 3.74. The van der Waals surface area contributed by atoms with Crippen LogP contribution in [0.25, 0.3) is 22.4 Å². The number of fused-ring (bicyclic) bond motifs is 1. The van der Waals surface area contributed by atoms with Crippen LogP contribution in [0.5, 0.6) is 0 Å². The summed E-state index contributed by atoms with van der Waals surface area (Å²) in [5.41, 5.74) is -0.0946. The van der Waals surface area contributed by atoms with Crippen molar-refractivity contribution in [3.8, 4) is 11.5 Å². The first-order chi connectivity index (χ1) is 12.8. The monoisotopic (exact) mass is 408 g/mol. The van der Waals surface area contributed by atoms with Gasteiger partial charge in [0.25, 0.3) is 0 Å². The minimum Gasteiger partial charge on any atom is -0.339 e. The molecule has 12 heteroatoms. The van der Waals surface area contributed by atoms with Crippen LogP contribution in [0.15, 0.2) is 34.3 Å². The fraction of sp³-hybridized carbons (Fsp3) is 0.0667. The molecule has 0 radical (unpaired) electrons. The van der Waals surface area contributed by atoms with E-state index in [4.69, 9.17) is 4.52 Å². The molecule has 0 spiro atoms. The zero-order valence-electron chi connectivity index (χ0n) is 13.5. The van der Waals surface area contributed by atoms with Crippen molar-refractivity contribution < 1.29 is 28.1 Å². The average molecular weight is 408 g/mol. The maximum atomic E-state index is 14.2. The number of thiazole rings is 1. The largest absolute Gasteiger partial charge is 0.434 e. The van der Waals surface area contributed by atoms with Crippen LogP contribution in [0.3, 0.4) is 0 Å². The van der Waals surface area contributed by atoms with Gasteiger partial charge in [-0.2, -0.15) is 4.98 Å².